The fraction of sp³-hybridized carbons (Fsp3) is 0.750. The van der Waals surface area contributed by atoms with Crippen LogP contribution in [0.15, 0.2) is 0 Å². The van der Waals surface area contributed by atoms with Crippen molar-refractivity contribution in [2.45, 2.75) is 39.7 Å². The summed E-state index contributed by atoms with van der Waals surface area (Å²) in [4.78, 5) is 35.2. The maximum Gasteiger partial charge on any atom is 0.321 e. The van der Waals surface area contributed by atoms with Crippen LogP contribution >= 0.6 is 0 Å². The Morgan fingerprint density at radius 3 is 2.21 bits per heavy atom. The molecule has 0 aliphatic rings. The Kier molecular flexibility index (Phi) is 7.06. The van der Waals surface area contributed by atoms with E-state index in [1.54, 1.807) is 4.90 Å². The summed E-state index contributed by atoms with van der Waals surface area (Å²) >= 11 is 0. The van der Waals surface area contributed by atoms with Crippen molar-refractivity contribution in [2.24, 2.45) is 0 Å². The zero-order chi connectivity index (χ0) is 15.1. The zero-order valence-corrected chi connectivity index (χ0v) is 11.9. The van der Waals surface area contributed by atoms with Crippen molar-refractivity contribution in [3.63, 3.8) is 0 Å². The number of rotatable bonds is 6. The molecule has 7 nitrogen and oxygen atoms in total. The number of hydrogen-bond acceptors (Lipinski definition) is 4. The maximum atomic E-state index is 11.6. The van der Waals surface area contributed by atoms with Gasteiger partial charge in [-0.3, -0.25) is 19.8 Å². The van der Waals surface area contributed by atoms with Gasteiger partial charge < -0.3 is 10.4 Å². The lowest BCUT2D eigenvalue weighted by molar-refractivity contribution is -0.137. The van der Waals surface area contributed by atoms with Crippen LogP contribution in [0.4, 0.5) is 4.79 Å². The third kappa shape index (κ3) is 10.0. The summed E-state index contributed by atoms with van der Waals surface area (Å²) in [5.74, 6) is -1.36. The summed E-state index contributed by atoms with van der Waals surface area (Å²) in [6.07, 6.45) is -0.0324. The standard InChI is InChI=1S/C12H23N3O4/c1-5-15(7-6-10(17)18)8-9(16)13-11(19)14-12(2,3)4/h5-8H2,1-4H3,(H,17,18)(H2,13,14,16,19). The van der Waals surface area contributed by atoms with Crippen molar-refractivity contribution in [2.75, 3.05) is 19.6 Å². The first-order chi connectivity index (χ1) is 8.64. The van der Waals surface area contributed by atoms with Gasteiger partial charge in [0.2, 0.25) is 5.91 Å². The van der Waals surface area contributed by atoms with Crippen LogP contribution in [0.25, 0.3) is 0 Å². The Balaban J connectivity index is 4.13. The molecule has 19 heavy (non-hydrogen) atoms. The number of carbonyl (C=O) groups is 3. The third-order valence-electron chi connectivity index (χ3n) is 2.20. The SMILES string of the molecule is CCN(CCC(=O)O)CC(=O)NC(=O)NC(C)(C)C. The first kappa shape index (κ1) is 17.4. The van der Waals surface area contributed by atoms with Crippen molar-refractivity contribution in [3.8, 4) is 0 Å². The lowest BCUT2D eigenvalue weighted by Crippen LogP contribution is -2.50. The van der Waals surface area contributed by atoms with Gasteiger partial charge in [0.25, 0.3) is 0 Å². The van der Waals surface area contributed by atoms with Gasteiger partial charge in [0.15, 0.2) is 0 Å². The molecule has 7 heteroatoms. The van der Waals surface area contributed by atoms with E-state index in [4.69, 9.17) is 5.11 Å². The smallest absolute Gasteiger partial charge is 0.321 e. The number of carbonyl (C=O) groups excluding carboxylic acids is 2. The molecular formula is C12H23N3O4. The highest BCUT2D eigenvalue weighted by Crippen LogP contribution is 1.97. The zero-order valence-electron chi connectivity index (χ0n) is 11.9. The average molecular weight is 273 g/mol. The van der Waals surface area contributed by atoms with Crippen LogP contribution in [0.2, 0.25) is 0 Å². The van der Waals surface area contributed by atoms with Crippen molar-refractivity contribution in [1.82, 2.24) is 15.5 Å². The van der Waals surface area contributed by atoms with Crippen molar-refractivity contribution in [3.05, 3.63) is 0 Å². The van der Waals surface area contributed by atoms with Crippen LogP contribution in [0.5, 0.6) is 0 Å². The maximum absolute atomic E-state index is 11.6. The Labute approximate surface area is 113 Å². The summed E-state index contributed by atoms with van der Waals surface area (Å²) in [7, 11) is 0. The third-order valence-corrected chi connectivity index (χ3v) is 2.20. The molecule has 110 valence electrons. The van der Waals surface area contributed by atoms with E-state index in [9.17, 15) is 14.4 Å². The lowest BCUT2D eigenvalue weighted by Gasteiger charge is -2.22. The summed E-state index contributed by atoms with van der Waals surface area (Å²) < 4.78 is 0. The fourth-order valence-electron chi connectivity index (χ4n) is 1.34. The topological polar surface area (TPSA) is 98.7 Å². The van der Waals surface area contributed by atoms with Crippen LogP contribution in [-0.4, -0.2) is 53.1 Å². The Hall–Kier alpha value is -1.63. The highest BCUT2D eigenvalue weighted by atomic mass is 16.4. The molecule has 0 spiro atoms. The molecule has 0 aliphatic carbocycles. The van der Waals surface area contributed by atoms with Gasteiger partial charge in [0.05, 0.1) is 13.0 Å². The second-order valence-corrected chi connectivity index (χ2v) is 5.26. The summed E-state index contributed by atoms with van der Waals surface area (Å²) in [6, 6.07) is -0.549. The second kappa shape index (κ2) is 7.73. The predicted octanol–water partition coefficient (Wildman–Crippen LogP) is 0.407. The van der Waals surface area contributed by atoms with Crippen LogP contribution < -0.4 is 10.6 Å². The molecule has 0 aliphatic heterocycles. The molecule has 0 saturated carbocycles. The van der Waals surface area contributed by atoms with E-state index < -0.39 is 23.4 Å². The van der Waals surface area contributed by atoms with Gasteiger partial charge >= 0.3 is 12.0 Å². The number of amides is 3. The number of imide groups is 1. The number of likely N-dealkylation sites (N-methyl/N-ethyl adjacent to an activating group) is 1. The van der Waals surface area contributed by atoms with Crippen LogP contribution in [-0.2, 0) is 9.59 Å². The largest absolute Gasteiger partial charge is 0.481 e. The fourth-order valence-corrected chi connectivity index (χ4v) is 1.34. The molecule has 0 rings (SSSR count). The molecular weight excluding hydrogens is 250 g/mol. The first-order valence-corrected chi connectivity index (χ1v) is 6.20. The molecule has 0 unspecified atom stereocenters. The monoisotopic (exact) mass is 273 g/mol. The molecule has 0 aromatic rings. The lowest BCUT2D eigenvalue weighted by atomic mass is 10.1. The number of nitrogens with one attached hydrogen (secondary N) is 2. The number of carboxylic acid groups (broad SMARTS) is 1. The van der Waals surface area contributed by atoms with Crippen LogP contribution in [0.1, 0.15) is 34.1 Å². The number of nitrogens with zero attached hydrogens (tertiary/aromatic N) is 1. The quantitative estimate of drug-likeness (QED) is 0.651. The van der Waals surface area contributed by atoms with E-state index in [0.29, 0.717) is 6.54 Å². The Morgan fingerprint density at radius 2 is 1.79 bits per heavy atom. The van der Waals surface area contributed by atoms with E-state index >= 15 is 0 Å². The van der Waals surface area contributed by atoms with Gasteiger partial charge in [-0.25, -0.2) is 4.79 Å². The molecule has 0 aromatic heterocycles. The van der Waals surface area contributed by atoms with E-state index in [-0.39, 0.29) is 19.5 Å². The molecule has 0 saturated heterocycles. The summed E-state index contributed by atoms with van der Waals surface area (Å²) in [6.45, 7) is 8.07. The van der Waals surface area contributed by atoms with Gasteiger partial charge in [-0.1, -0.05) is 6.92 Å². The van der Waals surface area contributed by atoms with Crippen molar-refractivity contribution < 1.29 is 19.5 Å². The number of aliphatic carboxylic acids is 1. The van der Waals surface area contributed by atoms with Crippen molar-refractivity contribution in [1.29, 1.82) is 0 Å². The number of hydrogen-bond donors (Lipinski definition) is 3. The molecule has 3 amide bonds. The normalized spacial score (nSPS) is 11.2. The molecule has 0 radical (unpaired) electrons. The van der Waals surface area contributed by atoms with E-state index in [1.807, 2.05) is 27.7 Å². The van der Waals surface area contributed by atoms with E-state index in [0.717, 1.165) is 0 Å². The molecule has 0 atom stereocenters. The average Bonchev–Trinajstić information content (AvgIpc) is 2.20. The molecule has 0 aromatic carbocycles. The number of carboxylic acids is 1. The molecule has 0 heterocycles. The minimum absolute atomic E-state index is 0.00133. The molecule has 3 N–H and O–H groups in total. The van der Waals surface area contributed by atoms with Gasteiger partial charge in [0, 0.05) is 12.1 Å². The Bertz CT molecular complexity index is 336. The van der Waals surface area contributed by atoms with E-state index in [2.05, 4.69) is 10.6 Å². The highest BCUT2D eigenvalue weighted by molar-refractivity contribution is 5.95. The van der Waals surface area contributed by atoms with Crippen LogP contribution in [0.3, 0.4) is 0 Å². The van der Waals surface area contributed by atoms with Gasteiger partial charge in [-0.05, 0) is 27.3 Å². The second-order valence-electron chi connectivity index (χ2n) is 5.26. The molecule has 0 bridgehead atoms. The minimum atomic E-state index is -0.913. The van der Waals surface area contributed by atoms with Gasteiger partial charge in [-0.2, -0.15) is 0 Å². The number of urea groups is 1. The summed E-state index contributed by atoms with van der Waals surface area (Å²) in [5.41, 5.74) is -0.419. The Morgan fingerprint density at radius 1 is 1.21 bits per heavy atom. The predicted molar refractivity (Wildman–Crippen MR) is 70.8 cm³/mol. The van der Waals surface area contributed by atoms with Crippen molar-refractivity contribution >= 4 is 17.9 Å². The summed E-state index contributed by atoms with van der Waals surface area (Å²) in [5, 5.41) is 13.4. The van der Waals surface area contributed by atoms with E-state index in [1.165, 1.54) is 0 Å². The minimum Gasteiger partial charge on any atom is -0.481 e. The van der Waals surface area contributed by atoms with Gasteiger partial charge in [-0.15, -0.1) is 0 Å². The highest BCUT2D eigenvalue weighted by Gasteiger charge is 2.17. The van der Waals surface area contributed by atoms with Gasteiger partial charge in [0.1, 0.15) is 0 Å². The molecule has 0 fully saturated rings. The van der Waals surface area contributed by atoms with Crippen LogP contribution in [0, 0.1) is 0 Å². The first-order valence-electron chi connectivity index (χ1n) is 6.20.